The largest absolute Gasteiger partial charge is 0.222 e. The molecule has 2 aromatic rings. The molecule has 2 bridgehead atoms. The van der Waals surface area contributed by atoms with Crippen molar-refractivity contribution in [3.8, 4) is 0 Å². The molecule has 4 rings (SSSR count). The number of rotatable bonds is 2. The average Bonchev–Trinajstić information content (AvgIpc) is 3.21. The van der Waals surface area contributed by atoms with E-state index >= 15 is 0 Å². The Hall–Kier alpha value is -0.897. The third kappa shape index (κ3) is 10.3. The van der Waals surface area contributed by atoms with Crippen LogP contribution in [0, 0.1) is 22.1 Å². The van der Waals surface area contributed by atoms with Crippen molar-refractivity contribution < 1.29 is 48.4 Å². The molecule has 0 aliphatic heterocycles. The van der Waals surface area contributed by atoms with Crippen molar-refractivity contribution in [3.05, 3.63) is 85.0 Å². The van der Waals surface area contributed by atoms with Crippen molar-refractivity contribution in [1.82, 2.24) is 0 Å². The predicted octanol–water partition coefficient (Wildman–Crippen LogP) is -0.694. The summed E-state index contributed by atoms with van der Waals surface area (Å²) in [7, 11) is -4.17. The Morgan fingerprint density at radius 3 is 1.19 bits per heavy atom. The fourth-order valence-electron chi connectivity index (χ4n) is 2.54. The minimum absolute atomic E-state index is 0. The number of fused-ring (bicyclic) bond motifs is 2. The minimum atomic E-state index is -4.94. The van der Waals surface area contributed by atoms with Gasteiger partial charge in [-0.2, -0.15) is 0 Å². The summed E-state index contributed by atoms with van der Waals surface area (Å²) >= 11 is 0. The summed E-state index contributed by atoms with van der Waals surface area (Å²) in [6, 6.07) is 21.2. The van der Waals surface area contributed by atoms with E-state index in [9.17, 15) is 0 Å². The molecule has 26 heavy (non-hydrogen) atoms. The molecular weight excluding hydrogens is 462 g/mol. The van der Waals surface area contributed by atoms with Gasteiger partial charge < -0.3 is 0 Å². The first kappa shape index (κ1) is 23.1. The molecule has 141 valence electrons. The summed E-state index contributed by atoms with van der Waals surface area (Å²) in [5.41, 5.74) is 0. The first-order valence-corrected chi connectivity index (χ1v) is 9.99. The molecule has 1 radical (unpaired) electrons. The van der Waals surface area contributed by atoms with Crippen LogP contribution in [0.25, 0.3) is 0 Å². The van der Waals surface area contributed by atoms with Gasteiger partial charge in [-0.1, -0.05) is 93.5 Å². The van der Waals surface area contributed by atoms with E-state index in [2.05, 4.69) is 85.0 Å². The molecule has 0 N–H and O–H groups in total. The van der Waals surface area contributed by atoms with Crippen LogP contribution in [0.4, 0.5) is 0 Å². The van der Waals surface area contributed by atoms with Gasteiger partial charge in [0, 0.05) is 19.5 Å². The van der Waals surface area contributed by atoms with Gasteiger partial charge in [-0.25, -0.2) is 18.6 Å². The SMILES string of the molecule is C1=CC2C=CC1C2.[O-][Cl+3]([O-])([O-])[O-].[Rh].c1ccc(Pc2ccccc2)cc1. The Morgan fingerprint density at radius 2 is 0.962 bits per heavy atom. The van der Waals surface area contributed by atoms with Crippen LogP contribution in [0.2, 0.25) is 0 Å². The van der Waals surface area contributed by atoms with Crippen LogP contribution >= 0.6 is 8.58 Å². The van der Waals surface area contributed by atoms with Crippen molar-refractivity contribution in [2.45, 2.75) is 6.42 Å². The Labute approximate surface area is 170 Å². The van der Waals surface area contributed by atoms with Gasteiger partial charge in [0.25, 0.3) is 0 Å². The Morgan fingerprint density at radius 1 is 0.654 bits per heavy atom. The first-order chi connectivity index (χ1) is 11.9. The van der Waals surface area contributed by atoms with Gasteiger partial charge in [0.05, 0.1) is 0 Å². The van der Waals surface area contributed by atoms with E-state index in [1.54, 1.807) is 0 Å². The normalized spacial score (nSPS) is 18.9. The average molecular weight is 481 g/mol. The van der Waals surface area contributed by atoms with Crippen LogP contribution in [-0.4, -0.2) is 0 Å². The predicted molar refractivity (Wildman–Crippen MR) is 90.3 cm³/mol. The zero-order chi connectivity index (χ0) is 18.1. The number of hydrogen-bond acceptors (Lipinski definition) is 4. The van der Waals surface area contributed by atoms with E-state index in [0.717, 1.165) is 20.4 Å². The van der Waals surface area contributed by atoms with Crippen LogP contribution in [-0.2, 0) is 19.5 Å². The fraction of sp³-hybridized carbons (Fsp3) is 0.158. The molecule has 4 nitrogen and oxygen atoms in total. The molecule has 2 aliphatic carbocycles. The molecule has 2 aliphatic rings. The van der Waals surface area contributed by atoms with E-state index in [1.807, 2.05) is 0 Å². The number of allylic oxidation sites excluding steroid dienone is 4. The fourth-order valence-corrected chi connectivity index (χ4v) is 3.59. The van der Waals surface area contributed by atoms with Gasteiger partial charge in [0.2, 0.25) is 0 Å². The molecule has 0 atom stereocenters. The van der Waals surface area contributed by atoms with Gasteiger partial charge >= 0.3 is 0 Å². The Bertz CT molecular complexity index is 618. The molecule has 0 fully saturated rings. The maximum atomic E-state index is 8.49. The molecular formula is C19H19ClO4PRh-. The smallest absolute Gasteiger partial charge is 0 e. The summed E-state index contributed by atoms with van der Waals surface area (Å²) in [6.45, 7) is 0. The molecule has 2 aromatic carbocycles. The molecule has 0 saturated carbocycles. The van der Waals surface area contributed by atoms with E-state index in [0.29, 0.717) is 0 Å². The summed E-state index contributed by atoms with van der Waals surface area (Å²) in [4.78, 5) is 0. The van der Waals surface area contributed by atoms with Crippen LogP contribution in [0.5, 0.6) is 0 Å². The molecule has 0 aromatic heterocycles. The van der Waals surface area contributed by atoms with Crippen LogP contribution in [0.3, 0.4) is 0 Å². The second-order valence-electron chi connectivity index (χ2n) is 5.57. The summed E-state index contributed by atoms with van der Waals surface area (Å²) in [6.07, 6.45) is 10.5. The first-order valence-electron chi connectivity index (χ1n) is 7.76. The van der Waals surface area contributed by atoms with E-state index in [-0.39, 0.29) is 19.5 Å². The van der Waals surface area contributed by atoms with Crippen molar-refractivity contribution >= 4 is 19.2 Å². The zero-order valence-electron chi connectivity index (χ0n) is 13.8. The second kappa shape index (κ2) is 11.7. The third-order valence-corrected chi connectivity index (χ3v) is 4.84. The number of benzene rings is 2. The topological polar surface area (TPSA) is 92.2 Å². The Balaban J connectivity index is 0.000000219. The van der Waals surface area contributed by atoms with Crippen molar-refractivity contribution in [2.24, 2.45) is 11.8 Å². The van der Waals surface area contributed by atoms with Gasteiger partial charge in [-0.15, -0.1) is 10.2 Å². The number of halogens is 1. The third-order valence-electron chi connectivity index (χ3n) is 3.59. The van der Waals surface area contributed by atoms with Crippen molar-refractivity contribution in [3.63, 3.8) is 0 Å². The van der Waals surface area contributed by atoms with Crippen LogP contribution in [0.15, 0.2) is 85.0 Å². The van der Waals surface area contributed by atoms with E-state index in [1.165, 1.54) is 17.0 Å². The number of hydrogen-bond donors (Lipinski definition) is 0. The van der Waals surface area contributed by atoms with E-state index < -0.39 is 10.2 Å². The van der Waals surface area contributed by atoms with Crippen LogP contribution < -0.4 is 29.2 Å². The van der Waals surface area contributed by atoms with E-state index in [4.69, 9.17) is 18.6 Å². The summed E-state index contributed by atoms with van der Waals surface area (Å²) < 4.78 is 34.0. The molecule has 0 heterocycles. The maximum absolute atomic E-state index is 8.49. The van der Waals surface area contributed by atoms with Gasteiger partial charge in [-0.05, 0) is 28.9 Å². The molecule has 7 heteroatoms. The second-order valence-corrected chi connectivity index (χ2v) is 7.73. The van der Waals surface area contributed by atoms with Crippen molar-refractivity contribution in [2.75, 3.05) is 0 Å². The standard InChI is InChI=1S/C12H11P.C7H8.ClHO4.Rh/c1-3-7-11(8-4-1)13-12-9-5-2-6-10-12;1-2-7-4-3-6(1)5-7;2-1(3,4)5;/h1-10,13H;1-4,6-7H,5H2;(H,2,3,4,5);/p-1. The van der Waals surface area contributed by atoms with Gasteiger partial charge in [0.1, 0.15) is 0 Å². The molecule has 0 amide bonds. The molecule has 0 saturated heterocycles. The van der Waals surface area contributed by atoms with Crippen LogP contribution in [0.1, 0.15) is 6.42 Å². The Kier molecular flexibility index (Phi) is 10.5. The van der Waals surface area contributed by atoms with Gasteiger partial charge in [0.15, 0.2) is 0 Å². The monoisotopic (exact) mass is 480 g/mol. The minimum Gasteiger partial charge on any atom is -0.222 e. The summed E-state index contributed by atoms with van der Waals surface area (Å²) in [5, 5.41) is 2.79. The molecule has 0 spiro atoms. The van der Waals surface area contributed by atoms with Crippen molar-refractivity contribution in [1.29, 1.82) is 0 Å². The van der Waals surface area contributed by atoms with Gasteiger partial charge in [-0.3, -0.25) is 0 Å². The summed E-state index contributed by atoms with van der Waals surface area (Å²) in [5.74, 6) is 1.62. The quantitative estimate of drug-likeness (QED) is 0.323. The maximum Gasteiger partial charge on any atom is 0 e. The zero-order valence-corrected chi connectivity index (χ0v) is 17.2. The molecule has 0 unspecified atom stereocenters.